The van der Waals surface area contributed by atoms with Crippen LogP contribution in [0.1, 0.15) is 37.9 Å². The highest BCUT2D eigenvalue weighted by molar-refractivity contribution is 7.07. The quantitative estimate of drug-likeness (QED) is 0.205. The third-order valence-electron chi connectivity index (χ3n) is 9.12. The fourth-order valence-electron chi connectivity index (χ4n) is 6.78. The molecule has 0 radical (unpaired) electrons. The van der Waals surface area contributed by atoms with Gasteiger partial charge in [0.25, 0.3) is 11.5 Å². The van der Waals surface area contributed by atoms with Crippen molar-refractivity contribution in [2.75, 3.05) is 27.3 Å². The van der Waals surface area contributed by atoms with Crippen LogP contribution in [-0.4, -0.2) is 47.7 Å². The zero-order chi connectivity index (χ0) is 33.5. The Labute approximate surface area is 281 Å². The molecule has 1 N–H and O–H groups in total. The standard InChI is InChI=1S/C39H36N4O4S/c1-6-42(7-2)38(45)32-23(3)40-39-43(36(32)33-26-17-12-11-14-24(26)20-21-29(33)46-4)37(44)31(48-39)22-28-27-18-13-19-30(47-5)35(27)41-34(28)25-15-9-8-10-16-25/h8-22,36,41H,6-7H2,1-5H3/b31-22+/t36-/m0/s1. The summed E-state index contributed by atoms with van der Waals surface area (Å²) in [6, 6.07) is 27.1. The van der Waals surface area contributed by atoms with Gasteiger partial charge < -0.3 is 19.4 Å². The lowest BCUT2D eigenvalue weighted by molar-refractivity contribution is -0.127. The van der Waals surface area contributed by atoms with Crippen molar-refractivity contribution < 1.29 is 14.3 Å². The van der Waals surface area contributed by atoms with Gasteiger partial charge in [0.15, 0.2) is 4.80 Å². The van der Waals surface area contributed by atoms with Crippen molar-refractivity contribution >= 4 is 45.0 Å². The van der Waals surface area contributed by atoms with Crippen LogP contribution in [0.5, 0.6) is 11.5 Å². The van der Waals surface area contributed by atoms with E-state index < -0.39 is 6.04 Å². The van der Waals surface area contributed by atoms with E-state index in [9.17, 15) is 9.59 Å². The first-order valence-electron chi connectivity index (χ1n) is 16.0. The minimum Gasteiger partial charge on any atom is -0.496 e. The second-order valence-electron chi connectivity index (χ2n) is 11.6. The normalized spacial score (nSPS) is 14.7. The Bertz CT molecular complexity index is 2420. The monoisotopic (exact) mass is 656 g/mol. The lowest BCUT2D eigenvalue weighted by Gasteiger charge is -2.30. The molecular weight excluding hydrogens is 621 g/mol. The van der Waals surface area contributed by atoms with Gasteiger partial charge in [0, 0.05) is 29.6 Å². The number of aromatic nitrogens is 2. The van der Waals surface area contributed by atoms with Gasteiger partial charge in [-0.3, -0.25) is 14.2 Å². The van der Waals surface area contributed by atoms with Crippen LogP contribution in [-0.2, 0) is 4.79 Å². The van der Waals surface area contributed by atoms with E-state index in [1.165, 1.54) is 11.3 Å². The number of H-pyrrole nitrogens is 1. The van der Waals surface area contributed by atoms with Crippen molar-refractivity contribution in [1.29, 1.82) is 0 Å². The fraction of sp³-hybridized carbons (Fsp3) is 0.205. The number of nitrogens with zero attached hydrogens (tertiary/aromatic N) is 3. The summed E-state index contributed by atoms with van der Waals surface area (Å²) in [5.74, 6) is 1.16. The molecular formula is C39H36N4O4S. The van der Waals surface area contributed by atoms with E-state index in [1.54, 1.807) is 23.7 Å². The Kier molecular flexibility index (Phi) is 8.23. The summed E-state index contributed by atoms with van der Waals surface area (Å²) in [7, 11) is 3.27. The first kappa shape index (κ1) is 31.2. The molecule has 242 valence electrons. The molecule has 7 rings (SSSR count). The van der Waals surface area contributed by atoms with Crippen molar-refractivity contribution in [3.05, 3.63) is 127 Å². The molecule has 48 heavy (non-hydrogen) atoms. The van der Waals surface area contributed by atoms with Crippen LogP contribution in [0.2, 0.25) is 0 Å². The summed E-state index contributed by atoms with van der Waals surface area (Å²) < 4.78 is 13.8. The lowest BCUT2D eigenvalue weighted by Crippen LogP contribution is -2.43. The second-order valence-corrected chi connectivity index (χ2v) is 12.6. The molecule has 8 nitrogen and oxygen atoms in total. The predicted molar refractivity (Wildman–Crippen MR) is 192 cm³/mol. The number of benzene rings is 4. The number of allylic oxidation sites excluding steroid dienone is 1. The number of likely N-dealkylation sites (N-methyl/N-ethyl adjacent to an activating group) is 1. The van der Waals surface area contributed by atoms with Crippen LogP contribution in [0.4, 0.5) is 0 Å². The molecule has 0 fully saturated rings. The molecule has 1 aliphatic rings. The average molecular weight is 657 g/mol. The summed E-state index contributed by atoms with van der Waals surface area (Å²) in [4.78, 5) is 39.9. The van der Waals surface area contributed by atoms with Gasteiger partial charge in [0.1, 0.15) is 17.5 Å². The molecule has 9 heteroatoms. The molecule has 0 aliphatic carbocycles. The van der Waals surface area contributed by atoms with Gasteiger partial charge in [-0.05, 0) is 55.3 Å². The first-order chi connectivity index (χ1) is 23.4. The number of carbonyl (C=O) groups excluding carboxylic acids is 1. The molecule has 1 atom stereocenters. The zero-order valence-corrected chi connectivity index (χ0v) is 28.4. The van der Waals surface area contributed by atoms with E-state index in [4.69, 9.17) is 14.5 Å². The molecule has 6 aromatic rings. The van der Waals surface area contributed by atoms with Crippen molar-refractivity contribution in [2.24, 2.45) is 4.99 Å². The topological polar surface area (TPSA) is 88.9 Å². The van der Waals surface area contributed by atoms with E-state index >= 15 is 0 Å². The molecule has 4 aromatic carbocycles. The fourth-order valence-corrected chi connectivity index (χ4v) is 7.81. The molecule has 0 spiro atoms. The molecule has 0 saturated carbocycles. The van der Waals surface area contributed by atoms with Crippen LogP contribution in [0.3, 0.4) is 0 Å². The minimum absolute atomic E-state index is 0.148. The van der Waals surface area contributed by atoms with Gasteiger partial charge in [-0.25, -0.2) is 4.99 Å². The maximum Gasteiger partial charge on any atom is 0.271 e. The number of nitrogens with one attached hydrogen (secondary N) is 1. The van der Waals surface area contributed by atoms with E-state index in [1.807, 2.05) is 112 Å². The second kappa shape index (κ2) is 12.7. The predicted octanol–water partition coefficient (Wildman–Crippen LogP) is 6.42. The SMILES string of the molecule is CCN(CC)C(=O)C1=C(C)N=c2s/c(=C/c3c(-c4ccccc4)[nH]c4c(OC)cccc34)c(=O)n2[C@@H]1c1c(OC)ccc2ccccc12. The number of methoxy groups -OCH3 is 2. The minimum atomic E-state index is -0.755. The lowest BCUT2D eigenvalue weighted by atomic mass is 9.90. The smallest absolute Gasteiger partial charge is 0.271 e. The summed E-state index contributed by atoms with van der Waals surface area (Å²) in [5.41, 5.74) is 5.16. The molecule has 1 amide bonds. The first-order valence-corrected chi connectivity index (χ1v) is 16.8. The maximum atomic E-state index is 14.8. The summed E-state index contributed by atoms with van der Waals surface area (Å²) in [5, 5.41) is 2.82. The molecule has 2 aromatic heterocycles. The van der Waals surface area contributed by atoms with Gasteiger partial charge in [-0.15, -0.1) is 0 Å². The van der Waals surface area contributed by atoms with E-state index in [0.29, 0.717) is 45.2 Å². The number of hydrogen-bond donors (Lipinski definition) is 1. The number of rotatable bonds is 8. The van der Waals surface area contributed by atoms with Crippen molar-refractivity contribution in [3.8, 4) is 22.8 Å². The van der Waals surface area contributed by atoms with E-state index in [-0.39, 0.29) is 11.5 Å². The highest BCUT2D eigenvalue weighted by Gasteiger charge is 2.36. The zero-order valence-electron chi connectivity index (χ0n) is 27.5. The summed E-state index contributed by atoms with van der Waals surface area (Å²) in [6.45, 7) is 6.84. The number of aromatic amines is 1. The Morgan fingerprint density at radius 2 is 1.62 bits per heavy atom. The molecule has 3 heterocycles. The third-order valence-corrected chi connectivity index (χ3v) is 10.1. The van der Waals surface area contributed by atoms with Gasteiger partial charge in [-0.1, -0.05) is 84.1 Å². The largest absolute Gasteiger partial charge is 0.496 e. The Hall–Kier alpha value is -5.41. The van der Waals surface area contributed by atoms with Gasteiger partial charge in [0.2, 0.25) is 0 Å². The van der Waals surface area contributed by atoms with Crippen LogP contribution in [0.15, 0.2) is 106 Å². The third kappa shape index (κ3) is 5.02. The molecule has 0 bridgehead atoms. The van der Waals surface area contributed by atoms with Crippen molar-refractivity contribution in [2.45, 2.75) is 26.8 Å². The number of fused-ring (bicyclic) bond motifs is 3. The van der Waals surface area contributed by atoms with Crippen LogP contribution < -0.4 is 24.4 Å². The molecule has 0 saturated heterocycles. The van der Waals surface area contributed by atoms with Gasteiger partial charge in [-0.2, -0.15) is 0 Å². The number of ether oxygens (including phenoxy) is 2. The number of thiazole rings is 1. The van der Waals surface area contributed by atoms with Crippen LogP contribution >= 0.6 is 11.3 Å². The summed E-state index contributed by atoms with van der Waals surface area (Å²) in [6.07, 6.45) is 1.94. The number of amides is 1. The highest BCUT2D eigenvalue weighted by Crippen LogP contribution is 2.41. The van der Waals surface area contributed by atoms with E-state index in [2.05, 4.69) is 4.98 Å². The van der Waals surface area contributed by atoms with Crippen LogP contribution in [0.25, 0.3) is 39.0 Å². The van der Waals surface area contributed by atoms with Crippen molar-refractivity contribution in [3.63, 3.8) is 0 Å². The highest BCUT2D eigenvalue weighted by atomic mass is 32.1. The van der Waals surface area contributed by atoms with Crippen molar-refractivity contribution in [1.82, 2.24) is 14.5 Å². The number of hydrogen-bond acceptors (Lipinski definition) is 6. The van der Waals surface area contributed by atoms with E-state index in [0.717, 1.165) is 44.1 Å². The number of para-hydroxylation sites is 1. The average Bonchev–Trinajstić information content (AvgIpc) is 3.64. The van der Waals surface area contributed by atoms with Crippen LogP contribution in [0, 0.1) is 0 Å². The summed E-state index contributed by atoms with van der Waals surface area (Å²) >= 11 is 1.32. The Morgan fingerprint density at radius 3 is 2.35 bits per heavy atom. The molecule has 0 unspecified atom stereocenters. The Balaban J connectivity index is 1.55. The van der Waals surface area contributed by atoms with Gasteiger partial charge >= 0.3 is 0 Å². The van der Waals surface area contributed by atoms with Gasteiger partial charge in [0.05, 0.1) is 41.2 Å². The number of carbonyl (C=O) groups is 1. The molecule has 1 aliphatic heterocycles. The maximum absolute atomic E-state index is 14.8. The Morgan fingerprint density at radius 1 is 0.917 bits per heavy atom.